The van der Waals surface area contributed by atoms with Crippen LogP contribution < -0.4 is 10.6 Å². The lowest BCUT2D eigenvalue weighted by Crippen LogP contribution is -2.31. The summed E-state index contributed by atoms with van der Waals surface area (Å²) in [5.41, 5.74) is 7.91. The van der Waals surface area contributed by atoms with Gasteiger partial charge in [-0.25, -0.2) is 0 Å². The molecule has 2 aromatic rings. The first kappa shape index (κ1) is 19.2. The molecule has 0 bridgehead atoms. The molecule has 7 nitrogen and oxygen atoms in total. The van der Waals surface area contributed by atoms with Crippen molar-refractivity contribution in [3.63, 3.8) is 0 Å². The summed E-state index contributed by atoms with van der Waals surface area (Å²) >= 11 is 0. The average molecular weight is 322 g/mol. The molecular weight excluding hydrogens is 292 g/mol. The van der Waals surface area contributed by atoms with Gasteiger partial charge in [0.15, 0.2) is 5.65 Å². The lowest BCUT2D eigenvalue weighted by molar-refractivity contribution is 0.318. The number of aliphatic hydroxyl groups is 1. The molecule has 0 atom stereocenters. The molecule has 1 aliphatic heterocycles. The molecule has 1 saturated heterocycles. The zero-order chi connectivity index (χ0) is 17.2. The summed E-state index contributed by atoms with van der Waals surface area (Å²) < 4.78 is 1.62. The van der Waals surface area contributed by atoms with Crippen molar-refractivity contribution < 1.29 is 5.11 Å². The minimum absolute atomic E-state index is 0.250. The molecule has 1 aliphatic rings. The summed E-state index contributed by atoms with van der Waals surface area (Å²) in [6.07, 6.45) is 6.42. The molecule has 0 aromatic carbocycles. The van der Waals surface area contributed by atoms with Crippen LogP contribution in [0.15, 0.2) is 6.20 Å². The van der Waals surface area contributed by atoms with Crippen molar-refractivity contribution in [2.75, 3.05) is 30.3 Å². The van der Waals surface area contributed by atoms with E-state index in [2.05, 4.69) is 26.9 Å². The number of aryl methyl sites for hydroxylation is 1. The zero-order valence-corrected chi connectivity index (χ0v) is 14.8. The van der Waals surface area contributed by atoms with Crippen LogP contribution in [-0.4, -0.2) is 44.4 Å². The number of nitrogen functional groups attached to an aromatic ring is 1. The summed E-state index contributed by atoms with van der Waals surface area (Å²) in [6.45, 7) is 10.1. The van der Waals surface area contributed by atoms with Crippen molar-refractivity contribution in [3.05, 3.63) is 11.8 Å². The second-order valence-electron chi connectivity index (χ2n) is 5.00. The summed E-state index contributed by atoms with van der Waals surface area (Å²) in [6, 6.07) is 0. The van der Waals surface area contributed by atoms with Crippen LogP contribution in [0.5, 0.6) is 0 Å². The predicted molar refractivity (Wildman–Crippen MR) is 94.7 cm³/mol. The van der Waals surface area contributed by atoms with Gasteiger partial charge in [-0.3, -0.25) is 0 Å². The van der Waals surface area contributed by atoms with Crippen molar-refractivity contribution in [2.24, 2.45) is 0 Å². The molecule has 0 amide bonds. The maximum absolute atomic E-state index is 7.57. The van der Waals surface area contributed by atoms with Gasteiger partial charge in [0.05, 0.1) is 6.20 Å². The largest absolute Gasteiger partial charge is 0.397 e. The first-order valence-electron chi connectivity index (χ1n) is 8.57. The van der Waals surface area contributed by atoms with E-state index < -0.39 is 0 Å². The Kier molecular flexibility index (Phi) is 8.32. The number of fused-ring (bicyclic) bond motifs is 1. The molecule has 3 heterocycles. The van der Waals surface area contributed by atoms with Gasteiger partial charge in [0.25, 0.3) is 0 Å². The maximum atomic E-state index is 7.57. The number of nitrogens with two attached hydrogens (primary N) is 1. The molecular formula is C16H30N6O. The van der Waals surface area contributed by atoms with E-state index in [0.717, 1.165) is 36.7 Å². The highest BCUT2D eigenvalue weighted by molar-refractivity contribution is 5.54. The van der Waals surface area contributed by atoms with Gasteiger partial charge in [-0.2, -0.15) is 19.6 Å². The van der Waals surface area contributed by atoms with Crippen LogP contribution in [0, 0.1) is 0 Å². The molecule has 23 heavy (non-hydrogen) atoms. The van der Waals surface area contributed by atoms with Gasteiger partial charge >= 0.3 is 0 Å². The Morgan fingerprint density at radius 2 is 1.74 bits per heavy atom. The Hall–Kier alpha value is -1.89. The second-order valence-corrected chi connectivity index (χ2v) is 5.00. The number of piperidine rings is 1. The third kappa shape index (κ3) is 4.79. The van der Waals surface area contributed by atoms with E-state index in [0.29, 0.717) is 5.95 Å². The van der Waals surface area contributed by atoms with Crippen LogP contribution >= 0.6 is 0 Å². The van der Waals surface area contributed by atoms with Gasteiger partial charge < -0.3 is 15.7 Å². The van der Waals surface area contributed by atoms with E-state index in [-0.39, 0.29) is 6.61 Å². The molecule has 0 saturated carbocycles. The highest BCUT2D eigenvalue weighted by Gasteiger charge is 2.17. The minimum Gasteiger partial charge on any atom is -0.397 e. The molecule has 1 fully saturated rings. The number of hydrogen-bond donors (Lipinski definition) is 2. The fourth-order valence-electron chi connectivity index (χ4n) is 2.42. The number of nitrogens with zero attached hydrogens (tertiary/aromatic N) is 5. The molecule has 0 unspecified atom stereocenters. The standard InChI is InChI=1S/C12H18N6.C2H6O.C2H6/c1-2-9-8-14-18-10(9)15-12(16-11(18)13)17-6-4-3-5-7-17;1-2-3;1-2/h8H,2-7H2,1H3,(H2,13,15,16);3H,2H2,1H3;1-2H3. The van der Waals surface area contributed by atoms with Gasteiger partial charge in [-0.1, -0.05) is 20.8 Å². The Bertz CT molecular complexity index is 577. The predicted octanol–water partition coefficient (Wildman–Crippen LogP) is 2.28. The number of anilines is 2. The molecule has 0 aliphatic carbocycles. The third-order valence-corrected chi connectivity index (χ3v) is 3.47. The van der Waals surface area contributed by atoms with E-state index in [9.17, 15) is 0 Å². The van der Waals surface area contributed by atoms with Crippen molar-refractivity contribution in [1.29, 1.82) is 0 Å². The average Bonchev–Trinajstić information content (AvgIpc) is 3.02. The van der Waals surface area contributed by atoms with Crippen LogP contribution in [-0.2, 0) is 6.42 Å². The van der Waals surface area contributed by atoms with Gasteiger partial charge in [0, 0.05) is 25.3 Å². The van der Waals surface area contributed by atoms with E-state index in [1.54, 1.807) is 11.4 Å². The van der Waals surface area contributed by atoms with Crippen LogP contribution in [0.25, 0.3) is 5.65 Å². The first-order chi connectivity index (χ1) is 11.2. The number of hydrogen-bond acceptors (Lipinski definition) is 6. The Morgan fingerprint density at radius 1 is 1.13 bits per heavy atom. The lowest BCUT2D eigenvalue weighted by Gasteiger charge is -2.26. The summed E-state index contributed by atoms with van der Waals surface area (Å²) in [5.74, 6) is 1.16. The topological polar surface area (TPSA) is 92.6 Å². The molecule has 0 spiro atoms. The highest BCUT2D eigenvalue weighted by atomic mass is 16.2. The van der Waals surface area contributed by atoms with Gasteiger partial charge in [0.2, 0.25) is 11.9 Å². The molecule has 2 aromatic heterocycles. The van der Waals surface area contributed by atoms with E-state index in [1.165, 1.54) is 19.3 Å². The first-order valence-corrected chi connectivity index (χ1v) is 8.57. The Balaban J connectivity index is 0.000000477. The quantitative estimate of drug-likeness (QED) is 0.881. The number of aliphatic hydroxyl groups excluding tert-OH is 1. The van der Waals surface area contributed by atoms with Gasteiger partial charge in [0.1, 0.15) is 0 Å². The van der Waals surface area contributed by atoms with Crippen molar-refractivity contribution in [3.8, 4) is 0 Å². The van der Waals surface area contributed by atoms with Crippen LogP contribution in [0.3, 0.4) is 0 Å². The highest BCUT2D eigenvalue weighted by Crippen LogP contribution is 2.19. The molecule has 3 rings (SSSR count). The molecule has 130 valence electrons. The number of aromatic nitrogens is 4. The van der Waals surface area contributed by atoms with Crippen LogP contribution in [0.4, 0.5) is 11.9 Å². The Morgan fingerprint density at radius 3 is 2.30 bits per heavy atom. The zero-order valence-electron chi connectivity index (χ0n) is 14.8. The van der Waals surface area contributed by atoms with E-state index in [4.69, 9.17) is 10.8 Å². The van der Waals surface area contributed by atoms with Crippen LogP contribution in [0.2, 0.25) is 0 Å². The van der Waals surface area contributed by atoms with E-state index in [1.807, 2.05) is 20.0 Å². The van der Waals surface area contributed by atoms with Crippen LogP contribution in [0.1, 0.15) is 52.5 Å². The molecule has 7 heteroatoms. The SMILES string of the molecule is CC.CCO.CCc1cnn2c(N)nc(N3CCCCC3)nc12. The fraction of sp³-hybridized carbons (Fsp3) is 0.688. The van der Waals surface area contributed by atoms with Crippen molar-refractivity contribution >= 4 is 17.5 Å². The van der Waals surface area contributed by atoms with Crippen molar-refractivity contribution in [2.45, 2.75) is 53.4 Å². The minimum atomic E-state index is 0.250. The number of rotatable bonds is 2. The fourth-order valence-corrected chi connectivity index (χ4v) is 2.42. The third-order valence-electron chi connectivity index (χ3n) is 3.47. The molecule has 0 radical (unpaired) electrons. The van der Waals surface area contributed by atoms with E-state index >= 15 is 0 Å². The van der Waals surface area contributed by atoms with Gasteiger partial charge in [-0.15, -0.1) is 0 Å². The summed E-state index contributed by atoms with van der Waals surface area (Å²) in [4.78, 5) is 11.2. The second kappa shape index (κ2) is 9.99. The summed E-state index contributed by atoms with van der Waals surface area (Å²) in [7, 11) is 0. The smallest absolute Gasteiger partial charge is 0.230 e. The van der Waals surface area contributed by atoms with Crippen molar-refractivity contribution in [1.82, 2.24) is 19.6 Å². The lowest BCUT2D eigenvalue weighted by atomic mass is 10.1. The summed E-state index contributed by atoms with van der Waals surface area (Å²) in [5, 5.41) is 11.8. The monoisotopic (exact) mass is 322 g/mol. The normalized spacial score (nSPS) is 13.9. The molecule has 3 N–H and O–H groups in total. The Labute approximate surface area is 138 Å². The maximum Gasteiger partial charge on any atom is 0.230 e. The van der Waals surface area contributed by atoms with Gasteiger partial charge in [-0.05, 0) is 32.6 Å².